The van der Waals surface area contributed by atoms with E-state index in [0.717, 1.165) is 37.6 Å². The summed E-state index contributed by atoms with van der Waals surface area (Å²) in [6, 6.07) is 0. The Morgan fingerprint density at radius 1 is 1.42 bits per heavy atom. The molecule has 0 spiro atoms. The summed E-state index contributed by atoms with van der Waals surface area (Å²) >= 11 is 1.85. The van der Waals surface area contributed by atoms with Crippen LogP contribution >= 0.6 is 11.8 Å². The molecule has 0 radical (unpaired) electrons. The van der Waals surface area contributed by atoms with Crippen molar-refractivity contribution in [1.82, 2.24) is 0 Å². The summed E-state index contributed by atoms with van der Waals surface area (Å²) in [5, 5.41) is 9.47. The van der Waals surface area contributed by atoms with Crippen LogP contribution in [0.2, 0.25) is 0 Å². The summed E-state index contributed by atoms with van der Waals surface area (Å²) in [7, 11) is 0. The summed E-state index contributed by atoms with van der Waals surface area (Å²) in [4.78, 5) is 0. The van der Waals surface area contributed by atoms with Gasteiger partial charge in [0.2, 0.25) is 0 Å². The highest BCUT2D eigenvalue weighted by Crippen LogP contribution is 2.26. The Balaban J connectivity index is 1.98. The highest BCUT2D eigenvalue weighted by molar-refractivity contribution is 7.99. The average Bonchev–Trinajstić information content (AvgIpc) is 2.46. The van der Waals surface area contributed by atoms with Gasteiger partial charge in [0.1, 0.15) is 0 Å². The van der Waals surface area contributed by atoms with E-state index in [2.05, 4.69) is 6.92 Å². The summed E-state index contributed by atoms with van der Waals surface area (Å²) in [5.41, 5.74) is 0. The molecular formula is C9H18O2S. The van der Waals surface area contributed by atoms with Crippen LogP contribution in [0.4, 0.5) is 0 Å². The van der Waals surface area contributed by atoms with Crippen molar-refractivity contribution in [1.29, 1.82) is 0 Å². The predicted octanol–water partition coefficient (Wildman–Crippen LogP) is 1.53. The minimum atomic E-state index is -0.0831. The second-order valence-electron chi connectivity index (χ2n) is 3.27. The molecule has 0 saturated carbocycles. The minimum absolute atomic E-state index is 0.0831. The largest absolute Gasteiger partial charge is 0.392 e. The van der Waals surface area contributed by atoms with Crippen LogP contribution in [0.15, 0.2) is 0 Å². The van der Waals surface area contributed by atoms with Crippen molar-refractivity contribution in [2.24, 2.45) is 5.92 Å². The maximum Gasteiger partial charge on any atom is 0.0667 e. The molecule has 1 aliphatic rings. The first-order valence-electron chi connectivity index (χ1n) is 4.68. The van der Waals surface area contributed by atoms with Crippen LogP contribution < -0.4 is 0 Å². The van der Waals surface area contributed by atoms with Crippen molar-refractivity contribution in [3.63, 3.8) is 0 Å². The van der Waals surface area contributed by atoms with Crippen molar-refractivity contribution in [3.05, 3.63) is 0 Å². The number of hydrogen-bond acceptors (Lipinski definition) is 3. The van der Waals surface area contributed by atoms with Gasteiger partial charge in [-0.25, -0.2) is 0 Å². The molecule has 1 aliphatic heterocycles. The van der Waals surface area contributed by atoms with Gasteiger partial charge in [0, 0.05) is 19.0 Å². The lowest BCUT2D eigenvalue weighted by atomic mass is 10.0. The van der Waals surface area contributed by atoms with Crippen LogP contribution in [-0.2, 0) is 4.74 Å². The van der Waals surface area contributed by atoms with Crippen LogP contribution in [-0.4, -0.2) is 35.9 Å². The summed E-state index contributed by atoms with van der Waals surface area (Å²) in [5.74, 6) is 2.50. The van der Waals surface area contributed by atoms with E-state index in [1.54, 1.807) is 0 Å². The monoisotopic (exact) mass is 190 g/mol. The molecule has 1 heterocycles. The van der Waals surface area contributed by atoms with Crippen LogP contribution in [0.5, 0.6) is 0 Å². The fourth-order valence-electron chi connectivity index (χ4n) is 1.34. The number of rotatable bonds is 5. The van der Waals surface area contributed by atoms with Gasteiger partial charge in [-0.2, -0.15) is 11.8 Å². The zero-order chi connectivity index (χ0) is 8.81. The molecule has 1 rings (SSSR count). The fraction of sp³-hybridized carbons (Fsp3) is 1.00. The van der Waals surface area contributed by atoms with E-state index in [9.17, 15) is 5.11 Å². The molecule has 1 saturated heterocycles. The quantitative estimate of drug-likeness (QED) is 0.667. The van der Waals surface area contributed by atoms with Crippen LogP contribution in [0.1, 0.15) is 19.8 Å². The molecule has 0 bridgehead atoms. The van der Waals surface area contributed by atoms with Gasteiger partial charge in [0.15, 0.2) is 0 Å². The third-order valence-corrected chi connectivity index (χ3v) is 3.39. The Morgan fingerprint density at radius 2 is 2.25 bits per heavy atom. The Kier molecular flexibility index (Phi) is 5.04. The SMILES string of the molecule is CCCOCCC1CSCC1O. The lowest BCUT2D eigenvalue weighted by molar-refractivity contribution is 0.0892. The molecule has 2 nitrogen and oxygen atoms in total. The fourth-order valence-corrected chi connectivity index (χ4v) is 2.69. The van der Waals surface area contributed by atoms with E-state index in [1.807, 2.05) is 11.8 Å². The van der Waals surface area contributed by atoms with Gasteiger partial charge in [-0.05, 0) is 24.5 Å². The van der Waals surface area contributed by atoms with Gasteiger partial charge in [0.05, 0.1) is 6.10 Å². The molecule has 0 aliphatic carbocycles. The van der Waals surface area contributed by atoms with Crippen LogP contribution in [0.3, 0.4) is 0 Å². The molecule has 2 unspecified atom stereocenters. The second kappa shape index (κ2) is 5.84. The zero-order valence-electron chi connectivity index (χ0n) is 7.66. The molecular weight excluding hydrogens is 172 g/mol. The number of aliphatic hydroxyl groups excluding tert-OH is 1. The number of thioether (sulfide) groups is 1. The second-order valence-corrected chi connectivity index (χ2v) is 4.34. The first-order chi connectivity index (χ1) is 5.84. The van der Waals surface area contributed by atoms with Crippen molar-refractivity contribution < 1.29 is 9.84 Å². The van der Waals surface area contributed by atoms with Crippen LogP contribution in [0, 0.1) is 5.92 Å². The Morgan fingerprint density at radius 3 is 2.83 bits per heavy atom. The Labute approximate surface area is 78.7 Å². The number of hydrogen-bond donors (Lipinski definition) is 1. The summed E-state index contributed by atoms with van der Waals surface area (Å²) in [6.07, 6.45) is 2.02. The molecule has 1 fully saturated rings. The third-order valence-electron chi connectivity index (χ3n) is 2.15. The van der Waals surface area contributed by atoms with Gasteiger partial charge in [-0.1, -0.05) is 6.92 Å². The van der Waals surface area contributed by atoms with Gasteiger partial charge in [-0.3, -0.25) is 0 Å². The zero-order valence-corrected chi connectivity index (χ0v) is 8.48. The van der Waals surface area contributed by atoms with Gasteiger partial charge in [-0.15, -0.1) is 0 Å². The maximum atomic E-state index is 9.47. The van der Waals surface area contributed by atoms with Gasteiger partial charge >= 0.3 is 0 Å². The lowest BCUT2D eigenvalue weighted by Gasteiger charge is -2.12. The van der Waals surface area contributed by atoms with E-state index in [1.165, 1.54) is 0 Å². The Bertz CT molecular complexity index is 119. The summed E-state index contributed by atoms with van der Waals surface area (Å²) < 4.78 is 5.37. The molecule has 1 N–H and O–H groups in total. The normalized spacial score (nSPS) is 29.5. The molecule has 0 aromatic carbocycles. The minimum Gasteiger partial charge on any atom is -0.392 e. The number of ether oxygens (including phenoxy) is 1. The first-order valence-corrected chi connectivity index (χ1v) is 5.83. The topological polar surface area (TPSA) is 29.5 Å². The van der Waals surface area contributed by atoms with Crippen molar-refractivity contribution in [2.75, 3.05) is 24.7 Å². The molecule has 0 aromatic heterocycles. The van der Waals surface area contributed by atoms with Crippen LogP contribution in [0.25, 0.3) is 0 Å². The highest BCUT2D eigenvalue weighted by Gasteiger charge is 2.24. The smallest absolute Gasteiger partial charge is 0.0667 e. The molecule has 3 heteroatoms. The molecule has 0 amide bonds. The standard InChI is InChI=1S/C9H18O2S/c1-2-4-11-5-3-8-6-12-7-9(8)10/h8-10H,2-7H2,1H3. The molecule has 12 heavy (non-hydrogen) atoms. The van der Waals surface area contributed by atoms with Crippen molar-refractivity contribution in [2.45, 2.75) is 25.9 Å². The van der Waals surface area contributed by atoms with E-state index in [4.69, 9.17) is 4.74 Å². The van der Waals surface area contributed by atoms with Crippen molar-refractivity contribution >= 4 is 11.8 Å². The van der Waals surface area contributed by atoms with E-state index < -0.39 is 0 Å². The summed E-state index contributed by atoms with van der Waals surface area (Å²) in [6.45, 7) is 3.78. The number of aliphatic hydroxyl groups is 1. The van der Waals surface area contributed by atoms with Crippen molar-refractivity contribution in [3.8, 4) is 0 Å². The average molecular weight is 190 g/mol. The lowest BCUT2D eigenvalue weighted by Crippen LogP contribution is -2.19. The first kappa shape index (κ1) is 10.4. The predicted molar refractivity (Wildman–Crippen MR) is 52.5 cm³/mol. The molecule has 72 valence electrons. The highest BCUT2D eigenvalue weighted by atomic mass is 32.2. The van der Waals surface area contributed by atoms with E-state index in [-0.39, 0.29) is 6.10 Å². The van der Waals surface area contributed by atoms with Gasteiger partial charge in [0.25, 0.3) is 0 Å². The van der Waals surface area contributed by atoms with E-state index >= 15 is 0 Å². The van der Waals surface area contributed by atoms with Gasteiger partial charge < -0.3 is 9.84 Å². The third kappa shape index (κ3) is 3.33. The van der Waals surface area contributed by atoms with E-state index in [0.29, 0.717) is 5.92 Å². The molecule has 2 atom stereocenters. The molecule has 0 aromatic rings. The maximum absolute atomic E-state index is 9.47. The Hall–Kier alpha value is 0.270.